The Morgan fingerprint density at radius 3 is 1.47 bits per heavy atom. The molecule has 0 heterocycles. The van der Waals surface area contributed by atoms with Crippen LogP contribution in [0.5, 0.6) is 5.75 Å². The lowest BCUT2D eigenvalue weighted by Crippen LogP contribution is -2.32. The second-order valence-corrected chi connectivity index (χ2v) is 3.33. The van der Waals surface area contributed by atoms with Crippen molar-refractivity contribution in [2.45, 2.75) is 0 Å². The first-order valence-electron chi connectivity index (χ1n) is 5.51. The highest BCUT2D eigenvalue weighted by molar-refractivity contribution is 5.17. The lowest BCUT2D eigenvalue weighted by Gasteiger charge is -2.17. The largest absolute Gasteiger partial charge is 0.872 e. The molecular formula is C12H20NO4-. The van der Waals surface area contributed by atoms with Crippen molar-refractivity contribution in [3.63, 3.8) is 0 Å². The van der Waals surface area contributed by atoms with Gasteiger partial charge in [-0.05, 0) is 0 Å². The lowest BCUT2D eigenvalue weighted by atomic mass is 10.3. The van der Waals surface area contributed by atoms with E-state index in [2.05, 4.69) is 0 Å². The minimum Gasteiger partial charge on any atom is -0.872 e. The number of nitrogens with zero attached hydrogens (tertiary/aromatic N) is 1. The minimum absolute atomic E-state index is 0.0694. The van der Waals surface area contributed by atoms with E-state index in [1.165, 1.54) is 12.1 Å². The second kappa shape index (κ2) is 11.3. The Morgan fingerprint density at radius 1 is 0.824 bits per heavy atom. The van der Waals surface area contributed by atoms with Gasteiger partial charge in [-0.15, -0.1) is 5.75 Å². The average molecular weight is 242 g/mol. The summed E-state index contributed by atoms with van der Waals surface area (Å²) in [5.74, 6) is 0.0718. The van der Waals surface area contributed by atoms with Crippen molar-refractivity contribution >= 4 is 0 Å². The summed E-state index contributed by atoms with van der Waals surface area (Å²) in [4.78, 5) is 1.79. The van der Waals surface area contributed by atoms with Crippen molar-refractivity contribution in [1.29, 1.82) is 0 Å². The number of benzene rings is 1. The van der Waals surface area contributed by atoms with Gasteiger partial charge >= 0.3 is 0 Å². The van der Waals surface area contributed by atoms with E-state index < -0.39 is 0 Å². The summed E-state index contributed by atoms with van der Waals surface area (Å²) in [6.07, 6.45) is 0. The van der Waals surface area contributed by atoms with Gasteiger partial charge in [0.25, 0.3) is 0 Å². The Kier molecular flexibility index (Phi) is 10.6. The van der Waals surface area contributed by atoms with Crippen LogP contribution in [0.25, 0.3) is 0 Å². The van der Waals surface area contributed by atoms with E-state index in [1.54, 1.807) is 17.0 Å². The summed E-state index contributed by atoms with van der Waals surface area (Å²) in [6, 6.07) is 8.33. The summed E-state index contributed by atoms with van der Waals surface area (Å²) in [7, 11) is 0. The first kappa shape index (κ1) is 15.9. The molecule has 1 rings (SSSR count). The van der Waals surface area contributed by atoms with Crippen molar-refractivity contribution in [2.75, 3.05) is 39.5 Å². The van der Waals surface area contributed by atoms with Crippen molar-refractivity contribution in [2.24, 2.45) is 0 Å². The van der Waals surface area contributed by atoms with Crippen molar-refractivity contribution < 1.29 is 20.4 Å². The van der Waals surface area contributed by atoms with Crippen LogP contribution in [0.1, 0.15) is 0 Å². The fraction of sp³-hybridized carbons (Fsp3) is 0.500. The number of aliphatic hydroxyl groups is 3. The summed E-state index contributed by atoms with van der Waals surface area (Å²) < 4.78 is 0. The SMILES string of the molecule is OCCN(CCO)CCO.[O-]c1ccccc1. The quantitative estimate of drug-likeness (QED) is 0.597. The molecule has 0 aromatic heterocycles. The predicted octanol–water partition coefficient (Wildman–Crippen LogP) is -0.974. The van der Waals surface area contributed by atoms with E-state index in [0.29, 0.717) is 19.6 Å². The minimum atomic E-state index is 0.0694. The Balaban J connectivity index is 0.000000318. The molecular weight excluding hydrogens is 222 g/mol. The molecule has 0 unspecified atom stereocenters. The highest BCUT2D eigenvalue weighted by Gasteiger charge is 2.00. The zero-order chi connectivity index (χ0) is 12.9. The molecule has 0 atom stereocenters. The van der Waals surface area contributed by atoms with Gasteiger partial charge in [0.2, 0.25) is 0 Å². The van der Waals surface area contributed by atoms with Gasteiger partial charge in [0.15, 0.2) is 0 Å². The Bertz CT molecular complexity index is 242. The molecule has 0 aliphatic carbocycles. The summed E-state index contributed by atoms with van der Waals surface area (Å²) in [5.41, 5.74) is 0. The van der Waals surface area contributed by atoms with Crippen molar-refractivity contribution in [1.82, 2.24) is 4.90 Å². The van der Waals surface area contributed by atoms with Crippen LogP contribution >= 0.6 is 0 Å². The number of hydrogen-bond acceptors (Lipinski definition) is 5. The third-order valence-electron chi connectivity index (χ3n) is 1.99. The molecule has 98 valence electrons. The molecule has 0 bridgehead atoms. The van der Waals surface area contributed by atoms with Crippen LogP contribution in [0.4, 0.5) is 0 Å². The maximum atomic E-state index is 10.3. The van der Waals surface area contributed by atoms with E-state index >= 15 is 0 Å². The molecule has 5 nitrogen and oxygen atoms in total. The van der Waals surface area contributed by atoms with Gasteiger partial charge in [-0.25, -0.2) is 0 Å². The zero-order valence-corrected chi connectivity index (χ0v) is 9.83. The third kappa shape index (κ3) is 9.77. The normalized spacial score (nSPS) is 9.88. The molecule has 0 radical (unpaired) electrons. The van der Waals surface area contributed by atoms with Crippen LogP contribution in [0.15, 0.2) is 30.3 Å². The second-order valence-electron chi connectivity index (χ2n) is 3.33. The van der Waals surface area contributed by atoms with E-state index in [1.807, 2.05) is 6.07 Å². The molecule has 0 amide bonds. The zero-order valence-electron chi connectivity index (χ0n) is 9.83. The molecule has 0 fully saturated rings. The van der Waals surface area contributed by atoms with Crippen LogP contribution in [0.2, 0.25) is 0 Å². The average Bonchev–Trinajstić information content (AvgIpc) is 2.32. The van der Waals surface area contributed by atoms with Crippen LogP contribution in [-0.2, 0) is 0 Å². The summed E-state index contributed by atoms with van der Waals surface area (Å²) in [6.45, 7) is 1.75. The Hall–Kier alpha value is -1.14. The molecule has 0 saturated heterocycles. The van der Waals surface area contributed by atoms with Crippen LogP contribution < -0.4 is 5.11 Å². The lowest BCUT2D eigenvalue weighted by molar-refractivity contribution is -0.268. The van der Waals surface area contributed by atoms with Gasteiger partial charge < -0.3 is 20.4 Å². The maximum absolute atomic E-state index is 10.3. The monoisotopic (exact) mass is 242 g/mol. The highest BCUT2D eigenvalue weighted by Crippen LogP contribution is 1.98. The molecule has 0 spiro atoms. The number of aliphatic hydroxyl groups excluding tert-OH is 3. The predicted molar refractivity (Wildman–Crippen MR) is 63.6 cm³/mol. The van der Waals surface area contributed by atoms with E-state index in [-0.39, 0.29) is 25.6 Å². The van der Waals surface area contributed by atoms with Gasteiger partial charge in [-0.1, -0.05) is 30.3 Å². The van der Waals surface area contributed by atoms with Crippen molar-refractivity contribution in [3.8, 4) is 5.75 Å². The first-order valence-corrected chi connectivity index (χ1v) is 5.51. The Labute approximate surface area is 102 Å². The topological polar surface area (TPSA) is 87.0 Å². The fourth-order valence-corrected chi connectivity index (χ4v) is 1.18. The molecule has 1 aromatic rings. The Morgan fingerprint density at radius 2 is 1.24 bits per heavy atom. The number of hydrogen-bond donors (Lipinski definition) is 3. The number of para-hydroxylation sites is 1. The fourth-order valence-electron chi connectivity index (χ4n) is 1.18. The molecule has 17 heavy (non-hydrogen) atoms. The summed E-state index contributed by atoms with van der Waals surface area (Å²) >= 11 is 0. The molecule has 0 aliphatic rings. The maximum Gasteiger partial charge on any atom is 0.0558 e. The van der Waals surface area contributed by atoms with Gasteiger partial charge in [-0.2, -0.15) is 0 Å². The third-order valence-corrected chi connectivity index (χ3v) is 1.99. The molecule has 5 heteroatoms. The molecule has 0 aliphatic heterocycles. The van der Waals surface area contributed by atoms with Gasteiger partial charge in [0.1, 0.15) is 0 Å². The van der Waals surface area contributed by atoms with E-state index in [0.717, 1.165) is 0 Å². The standard InChI is InChI=1S/C6H15NO3.C6H6O/c8-4-1-7(2-5-9)3-6-10;7-6-4-2-1-3-5-6/h8-10H,1-6H2;1-5,7H/p-1. The van der Waals surface area contributed by atoms with Crippen LogP contribution in [-0.4, -0.2) is 59.7 Å². The highest BCUT2D eigenvalue weighted by atomic mass is 16.3. The van der Waals surface area contributed by atoms with Gasteiger partial charge in [-0.3, -0.25) is 4.90 Å². The van der Waals surface area contributed by atoms with E-state index in [4.69, 9.17) is 15.3 Å². The van der Waals surface area contributed by atoms with Gasteiger partial charge in [0, 0.05) is 19.6 Å². The molecule has 3 N–H and O–H groups in total. The number of rotatable bonds is 6. The summed E-state index contributed by atoms with van der Waals surface area (Å²) in [5, 5.41) is 35.7. The first-order chi connectivity index (χ1) is 8.24. The van der Waals surface area contributed by atoms with E-state index in [9.17, 15) is 5.11 Å². The smallest absolute Gasteiger partial charge is 0.0558 e. The van der Waals surface area contributed by atoms with Crippen LogP contribution in [0.3, 0.4) is 0 Å². The van der Waals surface area contributed by atoms with Crippen LogP contribution in [0, 0.1) is 0 Å². The molecule has 1 aromatic carbocycles. The van der Waals surface area contributed by atoms with Gasteiger partial charge in [0.05, 0.1) is 19.8 Å². The molecule has 0 saturated carbocycles. The van der Waals surface area contributed by atoms with Crippen molar-refractivity contribution in [3.05, 3.63) is 30.3 Å².